The third-order valence-electron chi connectivity index (χ3n) is 6.03. The van der Waals surface area contributed by atoms with Crippen LogP contribution in [0.5, 0.6) is 0 Å². The SMILES string of the molecule is Cc1nnn(Cc2cc(C(F)(F)F)ccc2CCC(=O)N2CCN(C(=O)c3ccccc3F)CC2)n1.N=S(=O)=O. The van der Waals surface area contributed by atoms with Gasteiger partial charge in [0.2, 0.25) is 5.91 Å². The minimum absolute atomic E-state index is 0.00881. The van der Waals surface area contributed by atoms with Gasteiger partial charge in [-0.05, 0) is 54.0 Å². The molecule has 0 atom stereocenters. The molecule has 0 radical (unpaired) electrons. The van der Waals surface area contributed by atoms with Crippen LogP contribution in [0.15, 0.2) is 42.5 Å². The number of nitrogens with one attached hydrogen (secondary N) is 1. The van der Waals surface area contributed by atoms with Crippen molar-refractivity contribution in [2.45, 2.75) is 32.5 Å². The first kappa shape index (κ1) is 30.3. The molecular weight excluding hydrogens is 558 g/mol. The molecule has 1 aromatic heterocycles. The molecule has 16 heteroatoms. The number of rotatable bonds is 6. The standard InChI is InChI=1S/C24H24F4N6O2.HNO2S/c1-16-29-31-34(30-16)15-18-14-19(24(26,27)28)8-6-17(18)7-9-22(35)32-10-12-33(13-11-32)23(36)20-4-2-3-5-21(20)25;1-4(2)3/h2-6,8,14H,7,9-13,15H2,1H3;1H. The fraction of sp³-hybridized carbons (Fsp3) is 0.375. The first-order chi connectivity index (χ1) is 18.8. The van der Waals surface area contributed by atoms with Crippen molar-refractivity contribution in [3.05, 3.63) is 76.4 Å². The quantitative estimate of drug-likeness (QED) is 0.440. The smallest absolute Gasteiger partial charge is 0.339 e. The summed E-state index contributed by atoms with van der Waals surface area (Å²) in [4.78, 5) is 29.7. The molecule has 2 aromatic carbocycles. The van der Waals surface area contributed by atoms with Crippen LogP contribution >= 0.6 is 0 Å². The summed E-state index contributed by atoms with van der Waals surface area (Å²) in [7, 11) is -2.61. The van der Waals surface area contributed by atoms with Gasteiger partial charge in [-0.15, -0.1) is 10.2 Å². The van der Waals surface area contributed by atoms with E-state index in [9.17, 15) is 27.2 Å². The maximum absolute atomic E-state index is 13.9. The van der Waals surface area contributed by atoms with E-state index >= 15 is 0 Å². The number of aromatic nitrogens is 4. The molecule has 0 saturated carbocycles. The maximum Gasteiger partial charge on any atom is 0.416 e. The first-order valence-corrected chi connectivity index (χ1v) is 13.0. The van der Waals surface area contributed by atoms with Gasteiger partial charge in [-0.3, -0.25) is 9.59 Å². The van der Waals surface area contributed by atoms with Gasteiger partial charge in [-0.2, -0.15) is 31.2 Å². The number of hydrogen-bond acceptors (Lipinski definition) is 8. The summed E-state index contributed by atoms with van der Waals surface area (Å²) in [5.41, 5.74) is 0.138. The maximum atomic E-state index is 13.9. The molecule has 214 valence electrons. The molecule has 3 aromatic rings. The fourth-order valence-corrected chi connectivity index (χ4v) is 4.10. The zero-order chi connectivity index (χ0) is 29.4. The molecule has 1 aliphatic heterocycles. The summed E-state index contributed by atoms with van der Waals surface area (Å²) in [5, 5.41) is 11.6. The lowest BCUT2D eigenvalue weighted by molar-refractivity contribution is -0.137. The highest BCUT2D eigenvalue weighted by Gasteiger charge is 2.31. The Morgan fingerprint density at radius 2 is 1.62 bits per heavy atom. The summed E-state index contributed by atoms with van der Waals surface area (Å²) >= 11 is 0. The van der Waals surface area contributed by atoms with E-state index in [-0.39, 0.29) is 43.9 Å². The van der Waals surface area contributed by atoms with Gasteiger partial charge in [0.05, 0.1) is 17.7 Å². The summed E-state index contributed by atoms with van der Waals surface area (Å²) in [5.74, 6) is -0.795. The number of nitrogens with zero attached hydrogens (tertiary/aromatic N) is 6. The molecule has 1 N–H and O–H groups in total. The normalized spacial score (nSPS) is 13.4. The van der Waals surface area contributed by atoms with E-state index < -0.39 is 34.0 Å². The first-order valence-electron chi connectivity index (χ1n) is 11.9. The number of hydrogen-bond donors (Lipinski definition) is 1. The van der Waals surface area contributed by atoms with Crippen molar-refractivity contribution in [2.24, 2.45) is 0 Å². The Labute approximate surface area is 227 Å². The van der Waals surface area contributed by atoms with Crippen LogP contribution in [0.25, 0.3) is 0 Å². The topological polar surface area (TPSA) is 142 Å². The molecule has 0 unspecified atom stereocenters. The van der Waals surface area contributed by atoms with Crippen molar-refractivity contribution >= 4 is 22.3 Å². The number of carbonyl (C=O) groups is 2. The van der Waals surface area contributed by atoms with Gasteiger partial charge in [0.25, 0.3) is 5.91 Å². The number of amides is 2. The third kappa shape index (κ3) is 8.39. The van der Waals surface area contributed by atoms with Crippen molar-refractivity contribution in [2.75, 3.05) is 26.2 Å². The molecule has 1 fully saturated rings. The molecule has 0 spiro atoms. The largest absolute Gasteiger partial charge is 0.416 e. The number of alkyl halides is 3. The minimum Gasteiger partial charge on any atom is -0.339 e. The van der Waals surface area contributed by atoms with Crippen molar-refractivity contribution in [3.8, 4) is 0 Å². The highest BCUT2D eigenvalue weighted by atomic mass is 32.2. The molecule has 1 aliphatic rings. The average Bonchev–Trinajstić information content (AvgIpc) is 3.31. The van der Waals surface area contributed by atoms with Crippen LogP contribution in [0.1, 0.15) is 39.3 Å². The van der Waals surface area contributed by atoms with Gasteiger partial charge in [-0.1, -0.05) is 18.2 Å². The molecule has 4 rings (SSSR count). The van der Waals surface area contributed by atoms with Crippen LogP contribution in [0.3, 0.4) is 0 Å². The van der Waals surface area contributed by atoms with E-state index in [0.717, 1.165) is 12.1 Å². The summed E-state index contributed by atoms with van der Waals surface area (Å²) in [6, 6.07) is 9.16. The Balaban J connectivity index is 0.00000103. The Bertz CT molecular complexity index is 1460. The van der Waals surface area contributed by atoms with Crippen LogP contribution in [0.4, 0.5) is 17.6 Å². The molecule has 0 aliphatic carbocycles. The van der Waals surface area contributed by atoms with E-state index in [2.05, 4.69) is 15.4 Å². The number of tetrazole rings is 1. The molecule has 0 bridgehead atoms. The molecule has 1 saturated heterocycles. The number of benzene rings is 2. The van der Waals surface area contributed by atoms with Gasteiger partial charge in [0.1, 0.15) is 5.82 Å². The predicted molar refractivity (Wildman–Crippen MR) is 132 cm³/mol. The van der Waals surface area contributed by atoms with Crippen LogP contribution in [0.2, 0.25) is 0 Å². The highest BCUT2D eigenvalue weighted by Crippen LogP contribution is 2.31. The third-order valence-corrected chi connectivity index (χ3v) is 6.03. The van der Waals surface area contributed by atoms with Crippen LogP contribution in [0, 0.1) is 17.5 Å². The Hall–Kier alpha value is -4.21. The second kappa shape index (κ2) is 13.2. The Morgan fingerprint density at radius 3 is 2.20 bits per heavy atom. The fourth-order valence-electron chi connectivity index (χ4n) is 4.10. The number of halogens is 4. The molecule has 40 heavy (non-hydrogen) atoms. The summed E-state index contributed by atoms with van der Waals surface area (Å²) in [6.07, 6.45) is -4.19. The van der Waals surface area contributed by atoms with Crippen LogP contribution < -0.4 is 0 Å². The molecule has 11 nitrogen and oxygen atoms in total. The second-order valence-electron chi connectivity index (χ2n) is 8.74. The second-order valence-corrected chi connectivity index (χ2v) is 9.21. The van der Waals surface area contributed by atoms with E-state index in [4.69, 9.17) is 13.2 Å². The zero-order valence-corrected chi connectivity index (χ0v) is 22.0. The summed E-state index contributed by atoms with van der Waals surface area (Å²) < 4.78 is 76.5. The number of piperazine rings is 1. The van der Waals surface area contributed by atoms with Gasteiger partial charge in [0, 0.05) is 32.6 Å². The van der Waals surface area contributed by atoms with Crippen molar-refractivity contribution in [3.63, 3.8) is 0 Å². The van der Waals surface area contributed by atoms with Crippen LogP contribution in [-0.2, 0) is 34.4 Å². The van der Waals surface area contributed by atoms with E-state index in [1.54, 1.807) is 17.9 Å². The van der Waals surface area contributed by atoms with Gasteiger partial charge in [-0.25, -0.2) is 4.39 Å². The molecule has 2 amide bonds. The zero-order valence-electron chi connectivity index (χ0n) is 21.2. The molecule has 2 heterocycles. The van der Waals surface area contributed by atoms with E-state index in [0.29, 0.717) is 30.0 Å². The predicted octanol–water partition coefficient (Wildman–Crippen LogP) is 2.73. The lowest BCUT2D eigenvalue weighted by Crippen LogP contribution is -2.50. The summed E-state index contributed by atoms with van der Waals surface area (Å²) in [6.45, 7) is 2.73. The van der Waals surface area contributed by atoms with Gasteiger partial charge in [0.15, 0.2) is 5.82 Å². The van der Waals surface area contributed by atoms with Crippen molar-refractivity contribution in [1.29, 1.82) is 4.78 Å². The van der Waals surface area contributed by atoms with Crippen molar-refractivity contribution < 1.29 is 35.6 Å². The monoisotopic (exact) mass is 583 g/mol. The van der Waals surface area contributed by atoms with Gasteiger partial charge < -0.3 is 9.80 Å². The average molecular weight is 584 g/mol. The number of carbonyl (C=O) groups excluding carboxylic acids is 2. The Kier molecular flexibility index (Phi) is 10.0. The lowest BCUT2D eigenvalue weighted by atomic mass is 9.99. The van der Waals surface area contributed by atoms with Gasteiger partial charge >= 0.3 is 16.7 Å². The van der Waals surface area contributed by atoms with E-state index in [1.807, 2.05) is 0 Å². The number of aryl methyl sites for hydroxylation is 2. The minimum atomic E-state index is -4.51. The van der Waals surface area contributed by atoms with Crippen molar-refractivity contribution in [1.82, 2.24) is 30.0 Å². The van der Waals surface area contributed by atoms with Crippen LogP contribution in [-0.4, -0.2) is 76.4 Å². The molecular formula is C24H25F4N7O4S. The Morgan fingerprint density at radius 1 is 1.00 bits per heavy atom. The highest BCUT2D eigenvalue weighted by molar-refractivity contribution is 7.60. The lowest BCUT2D eigenvalue weighted by Gasteiger charge is -2.35. The van der Waals surface area contributed by atoms with E-state index in [1.165, 1.54) is 34.0 Å².